The second-order valence-electron chi connectivity index (χ2n) is 6.84. The summed E-state index contributed by atoms with van der Waals surface area (Å²) >= 11 is 0.966. The van der Waals surface area contributed by atoms with Gasteiger partial charge in [-0.3, -0.25) is 9.52 Å². The summed E-state index contributed by atoms with van der Waals surface area (Å²) in [5.41, 5.74) is 2.29. The molecule has 0 saturated carbocycles. The molecule has 0 bridgehead atoms. The minimum atomic E-state index is -3.93. The van der Waals surface area contributed by atoms with E-state index in [2.05, 4.69) is 13.5 Å². The van der Waals surface area contributed by atoms with Crippen molar-refractivity contribution in [3.05, 3.63) is 47.5 Å². The number of anilines is 1. The molecule has 1 fully saturated rings. The molecule has 3 aromatic rings. The second-order valence-corrected chi connectivity index (χ2v) is 9.02. The Morgan fingerprint density at radius 1 is 1.07 bits per heavy atom. The number of nitrogens with one attached hydrogen (secondary N) is 1. The average Bonchev–Trinajstić information content (AvgIpc) is 3.17. The molecule has 9 heteroatoms. The van der Waals surface area contributed by atoms with Gasteiger partial charge in [-0.2, -0.15) is 8.75 Å². The van der Waals surface area contributed by atoms with Crippen LogP contribution in [-0.4, -0.2) is 41.1 Å². The summed E-state index contributed by atoms with van der Waals surface area (Å²) in [7, 11) is -3.93. The molecule has 1 saturated heterocycles. The number of sulfonamides is 1. The van der Waals surface area contributed by atoms with Gasteiger partial charge in [0.1, 0.15) is 15.9 Å². The van der Waals surface area contributed by atoms with Crippen molar-refractivity contribution in [2.45, 2.75) is 31.1 Å². The number of nitrogens with zero attached hydrogens (tertiary/aromatic N) is 3. The van der Waals surface area contributed by atoms with E-state index < -0.39 is 10.0 Å². The summed E-state index contributed by atoms with van der Waals surface area (Å²) in [6.07, 6.45) is 3.05. The van der Waals surface area contributed by atoms with E-state index >= 15 is 0 Å². The van der Waals surface area contributed by atoms with E-state index in [1.165, 1.54) is 6.07 Å². The van der Waals surface area contributed by atoms with Gasteiger partial charge in [0.15, 0.2) is 0 Å². The molecule has 7 nitrogen and oxygen atoms in total. The van der Waals surface area contributed by atoms with Crippen LogP contribution in [0.4, 0.5) is 5.69 Å². The molecule has 0 aliphatic carbocycles. The maximum atomic E-state index is 13.1. The van der Waals surface area contributed by atoms with Gasteiger partial charge in [0.05, 0.1) is 23.0 Å². The van der Waals surface area contributed by atoms with Crippen molar-refractivity contribution in [1.29, 1.82) is 0 Å². The van der Waals surface area contributed by atoms with Gasteiger partial charge >= 0.3 is 0 Å². The fraction of sp³-hybridized carbons (Fsp3) is 0.316. The molecular formula is C19H20N4O3S2. The fourth-order valence-corrected chi connectivity index (χ4v) is 5.33. The Balaban J connectivity index is 1.73. The van der Waals surface area contributed by atoms with Crippen LogP contribution in [0, 0.1) is 6.92 Å². The smallest absolute Gasteiger partial charge is 0.264 e. The van der Waals surface area contributed by atoms with E-state index in [4.69, 9.17) is 0 Å². The first-order valence-electron chi connectivity index (χ1n) is 9.10. The third kappa shape index (κ3) is 3.47. The molecule has 1 aliphatic rings. The molecule has 0 unspecified atom stereocenters. The number of aryl methyl sites for hydroxylation is 1. The number of carbonyl (C=O) groups is 1. The highest BCUT2D eigenvalue weighted by Gasteiger charge is 2.26. The summed E-state index contributed by atoms with van der Waals surface area (Å²) in [5.74, 6) is -0.135. The van der Waals surface area contributed by atoms with Crippen molar-refractivity contribution in [2.75, 3.05) is 17.8 Å². The molecule has 2 heterocycles. The predicted octanol–water partition coefficient (Wildman–Crippen LogP) is 3.43. The molecule has 0 atom stereocenters. The van der Waals surface area contributed by atoms with Crippen LogP contribution in [0.2, 0.25) is 0 Å². The van der Waals surface area contributed by atoms with Crippen LogP contribution in [-0.2, 0) is 10.0 Å². The zero-order valence-corrected chi connectivity index (χ0v) is 17.0. The number of piperidine rings is 1. The Morgan fingerprint density at radius 2 is 1.82 bits per heavy atom. The Hall–Kier alpha value is -2.52. The molecule has 0 radical (unpaired) electrons. The fourth-order valence-electron chi connectivity index (χ4n) is 3.49. The molecule has 1 aliphatic heterocycles. The van der Waals surface area contributed by atoms with Gasteiger partial charge in [0.25, 0.3) is 15.9 Å². The van der Waals surface area contributed by atoms with Crippen LogP contribution >= 0.6 is 11.7 Å². The Labute approximate surface area is 167 Å². The summed E-state index contributed by atoms with van der Waals surface area (Å²) < 4.78 is 37.0. The van der Waals surface area contributed by atoms with Gasteiger partial charge in [-0.1, -0.05) is 18.2 Å². The van der Waals surface area contributed by atoms with Crippen molar-refractivity contribution in [3.8, 4) is 0 Å². The van der Waals surface area contributed by atoms with Crippen molar-refractivity contribution in [3.63, 3.8) is 0 Å². The lowest BCUT2D eigenvalue weighted by Gasteiger charge is -2.28. The molecule has 1 amide bonds. The lowest BCUT2D eigenvalue weighted by molar-refractivity contribution is 0.0724. The number of rotatable bonds is 4. The zero-order chi connectivity index (χ0) is 19.7. The maximum absolute atomic E-state index is 13.1. The summed E-state index contributed by atoms with van der Waals surface area (Å²) in [6, 6.07) is 10.0. The van der Waals surface area contributed by atoms with Gasteiger partial charge in [-0.05, 0) is 49.9 Å². The SMILES string of the molecule is Cc1cccc(NS(=O)(=O)c2cccc3nsnc23)c1C(=O)N1CCCCC1. The lowest BCUT2D eigenvalue weighted by Crippen LogP contribution is -2.36. The number of hydrogen-bond acceptors (Lipinski definition) is 6. The van der Waals surface area contributed by atoms with Crippen LogP contribution in [0.25, 0.3) is 11.0 Å². The molecule has 0 spiro atoms. The van der Waals surface area contributed by atoms with Crippen molar-refractivity contribution >= 4 is 44.4 Å². The van der Waals surface area contributed by atoms with Gasteiger partial charge in [0.2, 0.25) is 0 Å². The Morgan fingerprint density at radius 3 is 2.61 bits per heavy atom. The minimum absolute atomic E-state index is 0.0524. The van der Waals surface area contributed by atoms with Gasteiger partial charge in [0, 0.05) is 13.1 Å². The quantitative estimate of drug-likeness (QED) is 0.703. The summed E-state index contributed by atoms with van der Waals surface area (Å²) in [6.45, 7) is 3.21. The highest BCUT2D eigenvalue weighted by molar-refractivity contribution is 7.93. The van der Waals surface area contributed by atoms with E-state index in [0.29, 0.717) is 29.7 Å². The van der Waals surface area contributed by atoms with E-state index in [9.17, 15) is 13.2 Å². The number of likely N-dealkylation sites (tertiary alicyclic amines) is 1. The highest BCUT2D eigenvalue weighted by Crippen LogP contribution is 2.28. The van der Waals surface area contributed by atoms with Gasteiger partial charge in [-0.15, -0.1) is 0 Å². The van der Waals surface area contributed by atoms with E-state index in [0.717, 1.165) is 36.6 Å². The average molecular weight is 417 g/mol. The lowest BCUT2D eigenvalue weighted by atomic mass is 10.0. The molecule has 2 aromatic carbocycles. The number of amides is 1. The zero-order valence-electron chi connectivity index (χ0n) is 15.4. The van der Waals surface area contributed by atoms with Crippen LogP contribution in [0.1, 0.15) is 35.2 Å². The molecule has 1 N–H and O–H groups in total. The topological polar surface area (TPSA) is 92.3 Å². The van der Waals surface area contributed by atoms with Gasteiger partial charge in [-0.25, -0.2) is 8.42 Å². The molecule has 28 heavy (non-hydrogen) atoms. The number of fused-ring (bicyclic) bond motifs is 1. The molecule has 4 rings (SSSR count). The first-order valence-corrected chi connectivity index (χ1v) is 11.3. The van der Waals surface area contributed by atoms with Crippen LogP contribution in [0.3, 0.4) is 0 Å². The number of aromatic nitrogens is 2. The standard InChI is InChI=1S/C19H20N4O3S2/c1-13-7-5-8-14(17(13)19(24)23-11-3-2-4-12-23)22-28(25,26)16-10-6-9-15-18(16)21-27-20-15/h5-10,22H,2-4,11-12H2,1H3. The van der Waals surface area contributed by atoms with Crippen molar-refractivity contribution in [2.24, 2.45) is 0 Å². The first-order chi connectivity index (χ1) is 13.5. The number of benzene rings is 2. The van der Waals surface area contributed by atoms with Crippen LogP contribution in [0.5, 0.6) is 0 Å². The van der Waals surface area contributed by atoms with Crippen LogP contribution < -0.4 is 4.72 Å². The third-order valence-corrected chi connectivity index (χ3v) is 6.85. The monoisotopic (exact) mass is 416 g/mol. The maximum Gasteiger partial charge on any atom is 0.264 e. The predicted molar refractivity (Wildman–Crippen MR) is 109 cm³/mol. The minimum Gasteiger partial charge on any atom is -0.339 e. The van der Waals surface area contributed by atoms with E-state index in [1.54, 1.807) is 29.2 Å². The number of carbonyl (C=O) groups excluding carboxylic acids is 1. The molecular weight excluding hydrogens is 396 g/mol. The largest absolute Gasteiger partial charge is 0.339 e. The Bertz CT molecular complexity index is 1140. The summed E-state index contributed by atoms with van der Waals surface area (Å²) in [4.78, 5) is 15.0. The number of hydrogen-bond donors (Lipinski definition) is 1. The molecule has 1 aromatic heterocycles. The second kappa shape index (κ2) is 7.48. The van der Waals surface area contributed by atoms with Crippen molar-refractivity contribution in [1.82, 2.24) is 13.6 Å². The van der Waals surface area contributed by atoms with E-state index in [1.807, 2.05) is 13.0 Å². The van der Waals surface area contributed by atoms with Crippen LogP contribution in [0.15, 0.2) is 41.3 Å². The Kier molecular flexibility index (Phi) is 5.03. The first kappa shape index (κ1) is 18.8. The third-order valence-electron chi connectivity index (χ3n) is 4.91. The normalized spacial score (nSPS) is 15.0. The highest BCUT2D eigenvalue weighted by atomic mass is 32.2. The van der Waals surface area contributed by atoms with E-state index in [-0.39, 0.29) is 16.5 Å². The van der Waals surface area contributed by atoms with Crippen molar-refractivity contribution < 1.29 is 13.2 Å². The van der Waals surface area contributed by atoms with Gasteiger partial charge < -0.3 is 4.90 Å². The summed E-state index contributed by atoms with van der Waals surface area (Å²) in [5, 5.41) is 0. The molecule has 146 valence electrons.